The first-order valence-corrected chi connectivity index (χ1v) is 9.90. The van der Waals surface area contributed by atoms with Crippen LogP contribution in [-0.4, -0.2) is 28.7 Å². The van der Waals surface area contributed by atoms with Gasteiger partial charge >= 0.3 is 12.1 Å². The zero-order valence-electron chi connectivity index (χ0n) is 17.5. The van der Waals surface area contributed by atoms with Crippen molar-refractivity contribution in [1.82, 2.24) is 15.5 Å². The maximum atomic E-state index is 12.6. The van der Waals surface area contributed by atoms with Crippen LogP contribution < -0.4 is 10.1 Å². The van der Waals surface area contributed by atoms with Crippen molar-refractivity contribution >= 4 is 12.0 Å². The number of carbonyl (C=O) groups excluding carboxylic acids is 1. The Hall–Kier alpha value is -3.62. The predicted molar refractivity (Wildman–Crippen MR) is 112 cm³/mol. The minimum absolute atomic E-state index is 0.114. The summed E-state index contributed by atoms with van der Waals surface area (Å²) in [6.45, 7) is 4.15. The van der Waals surface area contributed by atoms with Gasteiger partial charge in [0.05, 0.1) is 6.04 Å². The van der Waals surface area contributed by atoms with E-state index in [0.717, 1.165) is 5.56 Å². The highest BCUT2D eigenvalue weighted by molar-refractivity contribution is 5.91. The molecular formula is C23H22F3N3O3. The van der Waals surface area contributed by atoms with Gasteiger partial charge in [-0.2, -0.15) is 18.2 Å². The van der Waals surface area contributed by atoms with E-state index in [4.69, 9.17) is 4.74 Å². The van der Waals surface area contributed by atoms with Crippen LogP contribution in [0.1, 0.15) is 25.3 Å². The van der Waals surface area contributed by atoms with Crippen LogP contribution in [-0.2, 0) is 11.0 Å². The molecule has 0 saturated carbocycles. The van der Waals surface area contributed by atoms with Gasteiger partial charge in [0.1, 0.15) is 12.4 Å². The molecule has 1 atom stereocenters. The molecule has 2 aromatic carbocycles. The second-order valence-electron chi connectivity index (χ2n) is 7.36. The largest absolute Gasteiger partial charge is 0.491 e. The number of nitrogens with one attached hydrogen (secondary N) is 1. The molecule has 9 heteroatoms. The van der Waals surface area contributed by atoms with E-state index in [1.165, 1.54) is 18.2 Å². The highest BCUT2D eigenvalue weighted by atomic mass is 19.4. The normalized spacial score (nSPS) is 12.8. The van der Waals surface area contributed by atoms with Crippen LogP contribution in [0.3, 0.4) is 0 Å². The molecule has 168 valence electrons. The Bertz CT molecular complexity index is 1050. The second-order valence-corrected chi connectivity index (χ2v) is 7.36. The number of aromatic nitrogens is 2. The molecule has 0 spiro atoms. The zero-order valence-corrected chi connectivity index (χ0v) is 17.5. The van der Waals surface area contributed by atoms with Gasteiger partial charge in [-0.05, 0) is 41.8 Å². The molecule has 6 nitrogen and oxygen atoms in total. The summed E-state index contributed by atoms with van der Waals surface area (Å²) in [7, 11) is 0. The molecule has 32 heavy (non-hydrogen) atoms. The molecular weight excluding hydrogens is 423 g/mol. The Kier molecular flexibility index (Phi) is 7.29. The van der Waals surface area contributed by atoms with Crippen LogP contribution >= 0.6 is 0 Å². The van der Waals surface area contributed by atoms with Crippen molar-refractivity contribution < 1.29 is 27.2 Å². The van der Waals surface area contributed by atoms with Crippen molar-refractivity contribution in [2.45, 2.75) is 26.1 Å². The lowest BCUT2D eigenvalue weighted by molar-refractivity contribution is -0.159. The number of ether oxygens (including phenoxy) is 1. The van der Waals surface area contributed by atoms with Crippen molar-refractivity contribution in [2.75, 3.05) is 6.61 Å². The van der Waals surface area contributed by atoms with Gasteiger partial charge in [-0.3, -0.25) is 4.79 Å². The van der Waals surface area contributed by atoms with Gasteiger partial charge in [0.15, 0.2) is 0 Å². The highest BCUT2D eigenvalue weighted by Crippen LogP contribution is 2.29. The zero-order chi connectivity index (χ0) is 23.1. The lowest BCUT2D eigenvalue weighted by Crippen LogP contribution is -2.42. The summed E-state index contributed by atoms with van der Waals surface area (Å²) in [4.78, 5) is 15.6. The van der Waals surface area contributed by atoms with Crippen LogP contribution in [0.25, 0.3) is 17.5 Å². The number of halogens is 3. The monoisotopic (exact) mass is 445 g/mol. The molecule has 0 aliphatic carbocycles. The van der Waals surface area contributed by atoms with Crippen molar-refractivity contribution in [2.24, 2.45) is 5.92 Å². The van der Waals surface area contributed by atoms with Gasteiger partial charge in [0.2, 0.25) is 11.7 Å². The third kappa shape index (κ3) is 6.44. The van der Waals surface area contributed by atoms with E-state index in [1.807, 2.05) is 44.2 Å². The predicted octanol–water partition coefficient (Wildman–Crippen LogP) is 4.99. The molecule has 1 unspecified atom stereocenters. The van der Waals surface area contributed by atoms with E-state index in [1.54, 1.807) is 18.2 Å². The van der Waals surface area contributed by atoms with E-state index in [-0.39, 0.29) is 30.3 Å². The molecule has 1 N–H and O–H groups in total. The molecule has 1 aromatic heterocycles. The van der Waals surface area contributed by atoms with E-state index in [9.17, 15) is 18.0 Å². The molecule has 1 heterocycles. The molecule has 0 aliphatic heterocycles. The average molecular weight is 445 g/mol. The van der Waals surface area contributed by atoms with E-state index < -0.39 is 12.1 Å². The van der Waals surface area contributed by atoms with Crippen LogP contribution in [0.4, 0.5) is 13.2 Å². The summed E-state index contributed by atoms with van der Waals surface area (Å²) >= 11 is 0. The smallest absolute Gasteiger partial charge is 0.471 e. The molecule has 3 rings (SSSR count). The highest BCUT2D eigenvalue weighted by Gasteiger charge is 2.38. The molecule has 0 bridgehead atoms. The minimum Gasteiger partial charge on any atom is -0.491 e. The molecule has 0 saturated heterocycles. The third-order valence-corrected chi connectivity index (χ3v) is 4.57. The number of nitrogens with zero attached hydrogens (tertiary/aromatic N) is 2. The first-order valence-electron chi connectivity index (χ1n) is 9.90. The second kappa shape index (κ2) is 10.1. The van der Waals surface area contributed by atoms with E-state index in [0.29, 0.717) is 11.3 Å². The van der Waals surface area contributed by atoms with Crippen LogP contribution in [0.2, 0.25) is 0 Å². The molecule has 0 fully saturated rings. The number of alkyl halides is 3. The summed E-state index contributed by atoms with van der Waals surface area (Å²) < 4.78 is 47.8. The van der Waals surface area contributed by atoms with Gasteiger partial charge in [-0.25, -0.2) is 0 Å². The van der Waals surface area contributed by atoms with Gasteiger partial charge in [-0.15, -0.1) is 0 Å². The van der Waals surface area contributed by atoms with Crippen molar-refractivity contribution in [1.29, 1.82) is 0 Å². The Balaban J connectivity index is 1.57. The number of hydrogen-bond acceptors (Lipinski definition) is 5. The number of rotatable bonds is 8. The maximum Gasteiger partial charge on any atom is 0.471 e. The Morgan fingerprint density at radius 1 is 1.12 bits per heavy atom. The molecule has 0 aliphatic rings. The number of amides is 1. The quantitative estimate of drug-likeness (QED) is 0.495. The fourth-order valence-corrected chi connectivity index (χ4v) is 2.71. The first kappa shape index (κ1) is 23.1. The Labute approximate surface area is 183 Å². The Morgan fingerprint density at radius 2 is 1.81 bits per heavy atom. The standard InChI is InChI=1S/C23H22F3N3O3/c1-15(2)19(27-20(30)13-8-16-6-4-3-5-7-16)14-31-18-11-9-17(10-12-18)21-28-22(32-29-21)23(24,25)26/h3-13,15,19H,14H2,1-2H3,(H,27,30). The Morgan fingerprint density at radius 3 is 2.41 bits per heavy atom. The van der Waals surface area contributed by atoms with Crippen molar-refractivity contribution in [3.63, 3.8) is 0 Å². The summed E-state index contributed by atoms with van der Waals surface area (Å²) in [5, 5.41) is 6.27. The van der Waals surface area contributed by atoms with Crippen LogP contribution in [0, 0.1) is 5.92 Å². The fourth-order valence-electron chi connectivity index (χ4n) is 2.71. The number of benzene rings is 2. The van der Waals surface area contributed by atoms with Gasteiger partial charge in [0, 0.05) is 11.6 Å². The molecule has 3 aromatic rings. The van der Waals surface area contributed by atoms with Gasteiger partial charge in [0.25, 0.3) is 0 Å². The molecule has 0 radical (unpaired) electrons. The van der Waals surface area contributed by atoms with Crippen molar-refractivity contribution in [3.05, 3.63) is 72.1 Å². The van der Waals surface area contributed by atoms with Crippen LogP contribution in [0.15, 0.2) is 65.2 Å². The summed E-state index contributed by atoms with van der Waals surface area (Å²) in [5.41, 5.74) is 1.28. The first-order chi connectivity index (χ1) is 15.2. The topological polar surface area (TPSA) is 77.2 Å². The number of hydrogen-bond donors (Lipinski definition) is 1. The maximum absolute atomic E-state index is 12.6. The lowest BCUT2D eigenvalue weighted by Gasteiger charge is -2.22. The van der Waals surface area contributed by atoms with Crippen LogP contribution in [0.5, 0.6) is 5.75 Å². The summed E-state index contributed by atoms with van der Waals surface area (Å²) in [6.07, 6.45) is -1.49. The van der Waals surface area contributed by atoms with E-state index in [2.05, 4.69) is 20.0 Å². The summed E-state index contributed by atoms with van der Waals surface area (Å²) in [5.74, 6) is -1.19. The number of carbonyl (C=O) groups is 1. The fraction of sp³-hybridized carbons (Fsp3) is 0.261. The van der Waals surface area contributed by atoms with Gasteiger partial charge < -0.3 is 14.6 Å². The van der Waals surface area contributed by atoms with Crippen molar-refractivity contribution in [3.8, 4) is 17.1 Å². The SMILES string of the molecule is CC(C)C(COc1ccc(-c2noc(C(F)(F)F)n2)cc1)NC(=O)C=Cc1ccccc1. The third-order valence-electron chi connectivity index (χ3n) is 4.57. The minimum atomic E-state index is -4.69. The molecule has 1 amide bonds. The van der Waals surface area contributed by atoms with Gasteiger partial charge in [-0.1, -0.05) is 49.3 Å². The average Bonchev–Trinajstić information content (AvgIpc) is 3.27. The lowest BCUT2D eigenvalue weighted by atomic mass is 10.1. The summed E-state index contributed by atoms with van der Waals surface area (Å²) in [6, 6.07) is 15.5. The van der Waals surface area contributed by atoms with E-state index >= 15 is 0 Å².